The van der Waals surface area contributed by atoms with E-state index in [0.717, 1.165) is 32.4 Å². The van der Waals surface area contributed by atoms with Gasteiger partial charge in [-0.3, -0.25) is 9.69 Å². The number of unbranched alkanes of at least 4 members (excludes halogenated alkanes) is 1. The van der Waals surface area contributed by atoms with Crippen LogP contribution in [0.25, 0.3) is 0 Å². The first-order chi connectivity index (χ1) is 6.72. The molecule has 0 bridgehead atoms. The third-order valence-electron chi connectivity index (χ3n) is 2.42. The van der Waals surface area contributed by atoms with Crippen molar-refractivity contribution in [2.45, 2.75) is 32.2 Å². The van der Waals surface area contributed by atoms with Gasteiger partial charge in [-0.15, -0.1) is 0 Å². The highest BCUT2D eigenvalue weighted by atomic mass is 16.5. The Bertz CT molecular complexity index is 185. The summed E-state index contributed by atoms with van der Waals surface area (Å²) in [6.07, 6.45) is 3.00. The topological polar surface area (TPSA) is 55.6 Å². The van der Waals surface area contributed by atoms with E-state index in [-0.39, 0.29) is 12.0 Å². The third-order valence-corrected chi connectivity index (χ3v) is 2.42. The lowest BCUT2D eigenvalue weighted by molar-refractivity contribution is -0.144. The standard InChI is InChI=1S/C10H20N2O2/c1-2-3-6-14-10(13)8-12-5-4-9(11)7-12/h9H,2-8,11H2,1H3. The number of ether oxygens (including phenoxy) is 1. The highest BCUT2D eigenvalue weighted by Crippen LogP contribution is 2.06. The van der Waals surface area contributed by atoms with Crippen LogP contribution in [0.3, 0.4) is 0 Å². The lowest BCUT2D eigenvalue weighted by Gasteiger charge is -2.13. The van der Waals surface area contributed by atoms with Crippen LogP contribution in [0.5, 0.6) is 0 Å². The largest absolute Gasteiger partial charge is 0.465 e. The van der Waals surface area contributed by atoms with E-state index in [0.29, 0.717) is 13.2 Å². The van der Waals surface area contributed by atoms with Crippen molar-refractivity contribution < 1.29 is 9.53 Å². The Morgan fingerprint density at radius 1 is 1.64 bits per heavy atom. The number of likely N-dealkylation sites (tertiary alicyclic amines) is 1. The monoisotopic (exact) mass is 200 g/mol. The molecule has 0 spiro atoms. The summed E-state index contributed by atoms with van der Waals surface area (Å²) in [7, 11) is 0. The van der Waals surface area contributed by atoms with Gasteiger partial charge in [0, 0.05) is 19.1 Å². The summed E-state index contributed by atoms with van der Waals surface area (Å²) in [5.74, 6) is -0.118. The highest BCUT2D eigenvalue weighted by Gasteiger charge is 2.21. The Hall–Kier alpha value is -0.610. The van der Waals surface area contributed by atoms with Crippen molar-refractivity contribution in [3.8, 4) is 0 Å². The fraction of sp³-hybridized carbons (Fsp3) is 0.900. The van der Waals surface area contributed by atoms with Crippen molar-refractivity contribution in [3.63, 3.8) is 0 Å². The zero-order valence-corrected chi connectivity index (χ0v) is 8.87. The average molecular weight is 200 g/mol. The summed E-state index contributed by atoms with van der Waals surface area (Å²) < 4.78 is 5.06. The van der Waals surface area contributed by atoms with Gasteiger partial charge in [0.1, 0.15) is 0 Å². The van der Waals surface area contributed by atoms with Gasteiger partial charge in [0.2, 0.25) is 0 Å². The first-order valence-electron chi connectivity index (χ1n) is 5.36. The second-order valence-corrected chi connectivity index (χ2v) is 3.86. The van der Waals surface area contributed by atoms with Crippen molar-refractivity contribution in [1.29, 1.82) is 0 Å². The van der Waals surface area contributed by atoms with Gasteiger partial charge in [-0.2, -0.15) is 0 Å². The van der Waals surface area contributed by atoms with Gasteiger partial charge >= 0.3 is 5.97 Å². The predicted molar refractivity (Wildman–Crippen MR) is 54.9 cm³/mol. The van der Waals surface area contributed by atoms with E-state index in [9.17, 15) is 4.79 Å². The van der Waals surface area contributed by atoms with Gasteiger partial charge < -0.3 is 10.5 Å². The van der Waals surface area contributed by atoms with E-state index in [2.05, 4.69) is 11.8 Å². The first kappa shape index (κ1) is 11.5. The van der Waals surface area contributed by atoms with Gasteiger partial charge in [-0.25, -0.2) is 0 Å². The average Bonchev–Trinajstić information content (AvgIpc) is 2.52. The molecule has 0 amide bonds. The summed E-state index contributed by atoms with van der Waals surface area (Å²) >= 11 is 0. The summed E-state index contributed by atoms with van der Waals surface area (Å²) in [6, 6.07) is 0.235. The molecule has 1 atom stereocenters. The minimum Gasteiger partial charge on any atom is -0.465 e. The number of hydrogen-bond acceptors (Lipinski definition) is 4. The molecule has 1 aliphatic rings. The number of hydrogen-bond donors (Lipinski definition) is 1. The Kier molecular flexibility index (Phi) is 4.90. The predicted octanol–water partition coefficient (Wildman–Crippen LogP) is 0.363. The number of rotatable bonds is 5. The fourth-order valence-corrected chi connectivity index (χ4v) is 1.56. The van der Waals surface area contributed by atoms with Crippen LogP contribution in [0.1, 0.15) is 26.2 Å². The van der Waals surface area contributed by atoms with E-state index >= 15 is 0 Å². The fourth-order valence-electron chi connectivity index (χ4n) is 1.56. The number of nitrogens with zero attached hydrogens (tertiary/aromatic N) is 1. The molecule has 4 nitrogen and oxygen atoms in total. The van der Waals surface area contributed by atoms with Crippen molar-refractivity contribution in [2.24, 2.45) is 5.73 Å². The SMILES string of the molecule is CCCCOC(=O)CN1CCC(N)C1. The first-order valence-corrected chi connectivity index (χ1v) is 5.36. The lowest BCUT2D eigenvalue weighted by atomic mass is 10.3. The molecule has 1 heterocycles. The van der Waals surface area contributed by atoms with E-state index in [4.69, 9.17) is 10.5 Å². The summed E-state index contributed by atoms with van der Waals surface area (Å²) in [4.78, 5) is 13.3. The molecule has 1 rings (SSSR count). The van der Waals surface area contributed by atoms with Crippen LogP contribution in [-0.4, -0.2) is 43.2 Å². The van der Waals surface area contributed by atoms with E-state index in [1.807, 2.05) is 0 Å². The maximum atomic E-state index is 11.3. The van der Waals surface area contributed by atoms with Crippen molar-refractivity contribution >= 4 is 5.97 Å². The Morgan fingerprint density at radius 3 is 3.00 bits per heavy atom. The van der Waals surface area contributed by atoms with E-state index in [1.54, 1.807) is 0 Å². The number of carbonyl (C=O) groups excluding carboxylic acids is 1. The zero-order valence-electron chi connectivity index (χ0n) is 8.87. The Labute approximate surface area is 85.4 Å². The quantitative estimate of drug-likeness (QED) is 0.514. The molecule has 2 N–H and O–H groups in total. The van der Waals surface area contributed by atoms with Gasteiger partial charge in [-0.1, -0.05) is 13.3 Å². The molecular weight excluding hydrogens is 180 g/mol. The van der Waals surface area contributed by atoms with Crippen LogP contribution in [0.2, 0.25) is 0 Å². The molecule has 14 heavy (non-hydrogen) atoms. The summed E-state index contributed by atoms with van der Waals surface area (Å²) in [5, 5.41) is 0. The van der Waals surface area contributed by atoms with Gasteiger partial charge in [0.15, 0.2) is 0 Å². The maximum Gasteiger partial charge on any atom is 0.320 e. The van der Waals surface area contributed by atoms with Crippen LogP contribution in [0.4, 0.5) is 0 Å². The molecule has 4 heteroatoms. The smallest absolute Gasteiger partial charge is 0.320 e. The molecule has 1 fully saturated rings. The molecule has 0 aromatic heterocycles. The molecule has 1 saturated heterocycles. The van der Waals surface area contributed by atoms with Crippen molar-refractivity contribution in [2.75, 3.05) is 26.2 Å². The molecule has 1 aliphatic heterocycles. The second-order valence-electron chi connectivity index (χ2n) is 3.86. The van der Waals surface area contributed by atoms with Gasteiger partial charge in [0.25, 0.3) is 0 Å². The zero-order chi connectivity index (χ0) is 10.4. The molecule has 82 valence electrons. The molecule has 0 aromatic carbocycles. The molecule has 0 aromatic rings. The minimum atomic E-state index is -0.118. The van der Waals surface area contributed by atoms with Crippen LogP contribution >= 0.6 is 0 Å². The molecule has 0 radical (unpaired) electrons. The van der Waals surface area contributed by atoms with Crippen molar-refractivity contribution in [3.05, 3.63) is 0 Å². The maximum absolute atomic E-state index is 11.3. The normalized spacial score (nSPS) is 22.6. The van der Waals surface area contributed by atoms with Crippen LogP contribution < -0.4 is 5.73 Å². The Morgan fingerprint density at radius 2 is 2.43 bits per heavy atom. The van der Waals surface area contributed by atoms with Crippen LogP contribution in [-0.2, 0) is 9.53 Å². The third kappa shape index (κ3) is 4.07. The number of esters is 1. The minimum absolute atomic E-state index is 0.118. The Balaban J connectivity index is 2.08. The van der Waals surface area contributed by atoms with Crippen LogP contribution in [0.15, 0.2) is 0 Å². The van der Waals surface area contributed by atoms with E-state index < -0.39 is 0 Å². The molecular formula is C10H20N2O2. The van der Waals surface area contributed by atoms with Gasteiger partial charge in [0.05, 0.1) is 13.2 Å². The second kappa shape index (κ2) is 5.98. The number of nitrogens with two attached hydrogens (primary N) is 1. The van der Waals surface area contributed by atoms with Crippen molar-refractivity contribution in [1.82, 2.24) is 4.90 Å². The highest BCUT2D eigenvalue weighted by molar-refractivity contribution is 5.71. The lowest BCUT2D eigenvalue weighted by Crippen LogP contribution is -2.31. The summed E-state index contributed by atoms with van der Waals surface area (Å²) in [6.45, 7) is 4.77. The molecule has 1 unspecified atom stereocenters. The number of carbonyl (C=O) groups is 1. The van der Waals surface area contributed by atoms with E-state index in [1.165, 1.54) is 0 Å². The molecule has 0 aliphatic carbocycles. The molecule has 0 saturated carbocycles. The van der Waals surface area contributed by atoms with Crippen LogP contribution in [0, 0.1) is 0 Å². The van der Waals surface area contributed by atoms with Gasteiger partial charge in [-0.05, 0) is 12.8 Å². The summed E-state index contributed by atoms with van der Waals surface area (Å²) in [5.41, 5.74) is 5.73.